The molecule has 2 rings (SSSR count). The highest BCUT2D eigenvalue weighted by Crippen LogP contribution is 2.28. The molecule has 1 heterocycles. The summed E-state index contributed by atoms with van der Waals surface area (Å²) in [5.41, 5.74) is 0. The number of rotatable bonds is 4. The van der Waals surface area contributed by atoms with Gasteiger partial charge in [0.05, 0.1) is 3.79 Å². The van der Waals surface area contributed by atoms with Gasteiger partial charge >= 0.3 is 0 Å². The predicted octanol–water partition coefficient (Wildman–Crippen LogP) is 4.18. The summed E-state index contributed by atoms with van der Waals surface area (Å²) in [5.74, 6) is 0.911. The Morgan fingerprint density at radius 1 is 1.47 bits per heavy atom. The molecule has 1 aromatic heterocycles. The number of nitrogens with one attached hydrogen (secondary N) is 1. The van der Waals surface area contributed by atoms with Gasteiger partial charge in [0.15, 0.2) is 0 Å². The fraction of sp³-hybridized carbons (Fsp3) is 0.667. The van der Waals surface area contributed by atoms with E-state index in [1.807, 2.05) is 11.3 Å². The molecule has 1 atom stereocenters. The molecular weight excluding hydrogens is 270 g/mol. The average molecular weight is 288 g/mol. The highest BCUT2D eigenvalue weighted by Gasteiger charge is 2.20. The SMILES string of the molecule is C[C@@H](NCc1ccc(Br)s1)C1CCCC1. The summed E-state index contributed by atoms with van der Waals surface area (Å²) < 4.78 is 1.23. The van der Waals surface area contributed by atoms with Crippen molar-refractivity contribution in [2.75, 3.05) is 0 Å². The second-order valence-electron chi connectivity index (χ2n) is 4.42. The molecule has 1 fully saturated rings. The lowest BCUT2D eigenvalue weighted by atomic mass is 10.00. The van der Waals surface area contributed by atoms with Gasteiger partial charge in [-0.3, -0.25) is 0 Å². The zero-order chi connectivity index (χ0) is 10.7. The molecule has 0 saturated heterocycles. The molecular formula is C12H18BrNS. The first-order valence-corrected chi connectivity index (χ1v) is 7.34. The average Bonchev–Trinajstić information content (AvgIpc) is 2.84. The van der Waals surface area contributed by atoms with Crippen LogP contribution in [0.2, 0.25) is 0 Å². The summed E-state index contributed by atoms with van der Waals surface area (Å²) in [7, 11) is 0. The summed E-state index contributed by atoms with van der Waals surface area (Å²) >= 11 is 5.32. The van der Waals surface area contributed by atoms with Gasteiger partial charge in [0, 0.05) is 17.5 Å². The lowest BCUT2D eigenvalue weighted by molar-refractivity contribution is 0.381. The molecule has 15 heavy (non-hydrogen) atoms. The monoisotopic (exact) mass is 287 g/mol. The first-order chi connectivity index (χ1) is 7.25. The van der Waals surface area contributed by atoms with Crippen molar-refractivity contribution in [1.29, 1.82) is 0 Å². The Morgan fingerprint density at radius 2 is 2.20 bits per heavy atom. The predicted molar refractivity (Wildman–Crippen MR) is 70.3 cm³/mol. The zero-order valence-corrected chi connectivity index (χ0v) is 11.5. The minimum atomic E-state index is 0.674. The van der Waals surface area contributed by atoms with Gasteiger partial charge in [-0.1, -0.05) is 12.8 Å². The van der Waals surface area contributed by atoms with Gasteiger partial charge in [-0.15, -0.1) is 11.3 Å². The van der Waals surface area contributed by atoms with Crippen molar-refractivity contribution >= 4 is 27.3 Å². The maximum atomic E-state index is 3.64. The summed E-state index contributed by atoms with van der Waals surface area (Å²) in [6.07, 6.45) is 5.70. The minimum absolute atomic E-state index is 0.674. The third-order valence-electron chi connectivity index (χ3n) is 3.33. The molecule has 0 spiro atoms. The molecule has 0 amide bonds. The fourth-order valence-corrected chi connectivity index (χ4v) is 3.77. The van der Waals surface area contributed by atoms with Crippen molar-refractivity contribution in [2.24, 2.45) is 5.92 Å². The first-order valence-electron chi connectivity index (χ1n) is 5.73. The molecule has 0 unspecified atom stereocenters. The second-order valence-corrected chi connectivity index (χ2v) is 6.97. The molecule has 1 aromatic rings. The molecule has 1 N–H and O–H groups in total. The van der Waals surface area contributed by atoms with E-state index in [2.05, 4.69) is 40.3 Å². The van der Waals surface area contributed by atoms with E-state index in [4.69, 9.17) is 0 Å². The van der Waals surface area contributed by atoms with Gasteiger partial charge < -0.3 is 5.32 Å². The molecule has 3 heteroatoms. The third kappa shape index (κ3) is 3.30. The molecule has 0 radical (unpaired) electrons. The number of thiophene rings is 1. The summed E-state index contributed by atoms with van der Waals surface area (Å²) in [6, 6.07) is 5.00. The van der Waals surface area contributed by atoms with Crippen molar-refractivity contribution in [2.45, 2.75) is 45.2 Å². The second kappa shape index (κ2) is 5.46. The van der Waals surface area contributed by atoms with E-state index in [-0.39, 0.29) is 0 Å². The van der Waals surface area contributed by atoms with Crippen LogP contribution in [-0.2, 0) is 6.54 Å². The number of halogens is 1. The quantitative estimate of drug-likeness (QED) is 0.876. The van der Waals surface area contributed by atoms with Gasteiger partial charge in [0.2, 0.25) is 0 Å². The summed E-state index contributed by atoms with van der Waals surface area (Å²) in [6.45, 7) is 3.35. The van der Waals surface area contributed by atoms with Crippen LogP contribution < -0.4 is 5.32 Å². The van der Waals surface area contributed by atoms with Crippen LogP contribution in [0.4, 0.5) is 0 Å². The van der Waals surface area contributed by atoms with Gasteiger partial charge in [-0.05, 0) is 53.7 Å². The molecule has 0 bridgehead atoms. The Hall–Kier alpha value is 0.140. The molecule has 1 saturated carbocycles. The molecule has 1 aliphatic rings. The van der Waals surface area contributed by atoms with E-state index < -0.39 is 0 Å². The van der Waals surface area contributed by atoms with Crippen LogP contribution in [0.25, 0.3) is 0 Å². The molecule has 1 nitrogen and oxygen atoms in total. The lowest BCUT2D eigenvalue weighted by Gasteiger charge is -2.19. The van der Waals surface area contributed by atoms with Crippen molar-refractivity contribution in [3.63, 3.8) is 0 Å². The first kappa shape index (κ1) is 11.6. The summed E-state index contributed by atoms with van der Waals surface area (Å²) in [5, 5.41) is 3.64. The van der Waals surface area contributed by atoms with E-state index in [9.17, 15) is 0 Å². The van der Waals surface area contributed by atoms with Gasteiger partial charge in [-0.25, -0.2) is 0 Å². The maximum absolute atomic E-state index is 3.64. The Bertz CT molecular complexity index is 304. The molecule has 84 valence electrons. The molecule has 1 aliphatic carbocycles. The van der Waals surface area contributed by atoms with E-state index in [0.717, 1.165) is 12.5 Å². The maximum Gasteiger partial charge on any atom is 0.0701 e. The van der Waals surface area contributed by atoms with Gasteiger partial charge in [-0.2, -0.15) is 0 Å². The topological polar surface area (TPSA) is 12.0 Å². The largest absolute Gasteiger partial charge is 0.309 e. The van der Waals surface area contributed by atoms with Crippen LogP contribution in [0.15, 0.2) is 15.9 Å². The lowest BCUT2D eigenvalue weighted by Crippen LogP contribution is -2.31. The fourth-order valence-electron chi connectivity index (χ4n) is 2.33. The van der Waals surface area contributed by atoms with Crippen LogP contribution in [0.1, 0.15) is 37.5 Å². The smallest absolute Gasteiger partial charge is 0.0701 e. The van der Waals surface area contributed by atoms with Gasteiger partial charge in [0.25, 0.3) is 0 Å². The van der Waals surface area contributed by atoms with Crippen molar-refractivity contribution in [3.8, 4) is 0 Å². The Morgan fingerprint density at radius 3 is 2.80 bits per heavy atom. The zero-order valence-electron chi connectivity index (χ0n) is 9.13. The highest BCUT2D eigenvalue weighted by atomic mass is 79.9. The summed E-state index contributed by atoms with van der Waals surface area (Å²) in [4.78, 5) is 1.42. The van der Waals surface area contributed by atoms with Crippen LogP contribution >= 0.6 is 27.3 Å². The Labute approximate surface area is 104 Å². The van der Waals surface area contributed by atoms with Gasteiger partial charge in [0.1, 0.15) is 0 Å². The molecule has 0 aliphatic heterocycles. The van der Waals surface area contributed by atoms with E-state index >= 15 is 0 Å². The highest BCUT2D eigenvalue weighted by molar-refractivity contribution is 9.11. The van der Waals surface area contributed by atoms with Crippen LogP contribution in [0.5, 0.6) is 0 Å². The van der Waals surface area contributed by atoms with E-state index in [0.29, 0.717) is 6.04 Å². The molecule has 0 aromatic carbocycles. The Balaban J connectivity index is 1.77. The van der Waals surface area contributed by atoms with Crippen LogP contribution in [-0.4, -0.2) is 6.04 Å². The van der Waals surface area contributed by atoms with Crippen molar-refractivity contribution in [3.05, 3.63) is 20.8 Å². The van der Waals surface area contributed by atoms with E-state index in [1.54, 1.807) is 0 Å². The van der Waals surface area contributed by atoms with Crippen LogP contribution in [0.3, 0.4) is 0 Å². The van der Waals surface area contributed by atoms with E-state index in [1.165, 1.54) is 34.3 Å². The normalized spacial score (nSPS) is 19.6. The standard InChI is InChI=1S/C12H18BrNS/c1-9(10-4-2-3-5-10)14-8-11-6-7-12(13)15-11/h6-7,9-10,14H,2-5,8H2,1H3/t9-/m1/s1. The third-order valence-corrected chi connectivity index (χ3v) is 4.96. The Kier molecular flexibility index (Phi) is 4.23. The van der Waals surface area contributed by atoms with Crippen molar-refractivity contribution < 1.29 is 0 Å². The number of hydrogen-bond acceptors (Lipinski definition) is 2. The van der Waals surface area contributed by atoms with Crippen LogP contribution in [0, 0.1) is 5.92 Å². The minimum Gasteiger partial charge on any atom is -0.309 e. The van der Waals surface area contributed by atoms with Crippen molar-refractivity contribution in [1.82, 2.24) is 5.32 Å². The number of hydrogen-bond donors (Lipinski definition) is 1.